The number of carbonyl (C=O) groups excluding carboxylic acids is 1. The van der Waals surface area contributed by atoms with Gasteiger partial charge in [0.05, 0.1) is 25.3 Å². The molecule has 1 fully saturated rings. The summed E-state index contributed by atoms with van der Waals surface area (Å²) in [6.45, 7) is 0.0304. The predicted molar refractivity (Wildman–Crippen MR) is 85.8 cm³/mol. The highest BCUT2D eigenvalue weighted by atomic mass is 32.2. The summed E-state index contributed by atoms with van der Waals surface area (Å²) in [6.07, 6.45) is -1.32. The van der Waals surface area contributed by atoms with E-state index in [2.05, 4.69) is 4.74 Å². The molecule has 0 saturated carbocycles. The Morgan fingerprint density at radius 2 is 1.92 bits per heavy atom. The van der Waals surface area contributed by atoms with Gasteiger partial charge >= 0.3 is 12.1 Å². The highest BCUT2D eigenvalue weighted by Gasteiger charge is 2.37. The van der Waals surface area contributed by atoms with Gasteiger partial charge < -0.3 is 14.7 Å². The fourth-order valence-corrected chi connectivity index (χ4v) is 4.42. The summed E-state index contributed by atoms with van der Waals surface area (Å²) in [4.78, 5) is 23.8. The number of nitrogens with zero attached hydrogens (tertiary/aromatic N) is 2. The largest absolute Gasteiger partial charge is 0.469 e. The number of rotatable bonds is 5. The van der Waals surface area contributed by atoms with Crippen molar-refractivity contribution in [2.75, 3.05) is 26.7 Å². The molecule has 1 heterocycles. The zero-order valence-electron chi connectivity index (χ0n) is 13.3. The molecule has 24 heavy (non-hydrogen) atoms. The Bertz CT molecular complexity index is 691. The average molecular weight is 356 g/mol. The van der Waals surface area contributed by atoms with E-state index in [1.807, 2.05) is 0 Å². The minimum Gasteiger partial charge on any atom is -0.469 e. The fraction of sp³-hybridized carbons (Fsp3) is 0.467. The van der Waals surface area contributed by atoms with Crippen LogP contribution in [-0.2, 0) is 25.3 Å². The number of hydrogen-bond donors (Lipinski definition) is 1. The number of hydrogen-bond acceptors (Lipinski definition) is 5. The Morgan fingerprint density at radius 1 is 1.25 bits per heavy atom. The molecule has 0 aromatic heterocycles. The molecule has 1 aromatic rings. The van der Waals surface area contributed by atoms with E-state index in [1.165, 1.54) is 11.4 Å². The van der Waals surface area contributed by atoms with E-state index in [4.69, 9.17) is 5.11 Å². The molecule has 132 valence electrons. The zero-order valence-corrected chi connectivity index (χ0v) is 14.1. The van der Waals surface area contributed by atoms with Gasteiger partial charge in [-0.2, -0.15) is 4.31 Å². The second-order valence-corrected chi connectivity index (χ2v) is 7.44. The van der Waals surface area contributed by atoms with Gasteiger partial charge in [0, 0.05) is 19.6 Å². The van der Waals surface area contributed by atoms with E-state index < -0.39 is 28.1 Å². The summed E-state index contributed by atoms with van der Waals surface area (Å²) < 4.78 is 31.3. The molecule has 1 aromatic carbocycles. The molecular formula is C15H20N2O6S. The molecule has 1 unspecified atom stereocenters. The molecule has 2 rings (SSSR count). The van der Waals surface area contributed by atoms with Crippen LogP contribution in [0.3, 0.4) is 0 Å². The smallest absolute Gasteiger partial charge is 0.407 e. The van der Waals surface area contributed by atoms with Crippen molar-refractivity contribution in [3.63, 3.8) is 0 Å². The first-order valence-corrected chi connectivity index (χ1v) is 9.02. The highest BCUT2D eigenvalue weighted by molar-refractivity contribution is 7.88. The number of methoxy groups -OCH3 is 1. The van der Waals surface area contributed by atoms with Gasteiger partial charge in [0.2, 0.25) is 10.0 Å². The summed E-state index contributed by atoms with van der Waals surface area (Å²) in [5.74, 6) is -0.773. The van der Waals surface area contributed by atoms with Crippen molar-refractivity contribution in [3.8, 4) is 0 Å². The molecule has 8 nitrogen and oxygen atoms in total. The lowest BCUT2D eigenvalue weighted by atomic mass is 10.1. The van der Waals surface area contributed by atoms with Gasteiger partial charge in [-0.05, 0) is 5.56 Å². The van der Waals surface area contributed by atoms with Crippen molar-refractivity contribution in [3.05, 3.63) is 35.9 Å². The van der Waals surface area contributed by atoms with Crippen LogP contribution in [0.2, 0.25) is 0 Å². The van der Waals surface area contributed by atoms with E-state index in [-0.39, 0.29) is 31.8 Å². The van der Waals surface area contributed by atoms with Crippen molar-refractivity contribution < 1.29 is 27.9 Å². The third kappa shape index (κ3) is 4.45. The first kappa shape index (κ1) is 18.2. The van der Waals surface area contributed by atoms with Crippen LogP contribution in [0.4, 0.5) is 4.79 Å². The predicted octanol–water partition coefficient (Wildman–Crippen LogP) is 0.744. The molecule has 0 spiro atoms. The lowest BCUT2D eigenvalue weighted by Crippen LogP contribution is -2.57. The number of benzene rings is 1. The second kappa shape index (κ2) is 7.63. The molecule has 9 heteroatoms. The van der Waals surface area contributed by atoms with Gasteiger partial charge in [0.15, 0.2) is 0 Å². The number of carboxylic acid groups (broad SMARTS) is 1. The number of ether oxygens (including phenoxy) is 1. The van der Waals surface area contributed by atoms with Crippen molar-refractivity contribution in [2.24, 2.45) is 0 Å². The van der Waals surface area contributed by atoms with Crippen LogP contribution >= 0.6 is 0 Å². The van der Waals surface area contributed by atoms with Gasteiger partial charge in [-0.1, -0.05) is 30.3 Å². The first-order chi connectivity index (χ1) is 11.3. The maximum atomic E-state index is 12.7. The molecule has 0 aliphatic carbocycles. The first-order valence-electron chi connectivity index (χ1n) is 7.41. The van der Waals surface area contributed by atoms with Gasteiger partial charge in [0.25, 0.3) is 0 Å². The quantitative estimate of drug-likeness (QED) is 0.781. The Balaban J connectivity index is 2.20. The second-order valence-electron chi connectivity index (χ2n) is 5.52. The van der Waals surface area contributed by atoms with E-state index in [0.717, 1.165) is 4.90 Å². The highest BCUT2D eigenvalue weighted by Crippen LogP contribution is 2.21. The van der Waals surface area contributed by atoms with Crippen molar-refractivity contribution in [1.82, 2.24) is 9.21 Å². The molecule has 0 bridgehead atoms. The molecular weight excluding hydrogens is 336 g/mol. The number of carbonyl (C=O) groups is 2. The molecule has 1 atom stereocenters. The van der Waals surface area contributed by atoms with Gasteiger partial charge in [-0.15, -0.1) is 0 Å². The van der Waals surface area contributed by atoms with Crippen LogP contribution in [0.1, 0.15) is 12.0 Å². The number of sulfonamides is 1. The SMILES string of the molecule is COC(=O)CC1CN(C(=O)O)CCN1S(=O)(=O)Cc1ccccc1. The fourth-order valence-electron chi connectivity index (χ4n) is 2.69. The molecule has 1 aliphatic rings. The van der Waals surface area contributed by atoms with Crippen molar-refractivity contribution in [1.29, 1.82) is 0 Å². The van der Waals surface area contributed by atoms with Crippen LogP contribution in [-0.4, -0.2) is 67.6 Å². The summed E-state index contributed by atoms with van der Waals surface area (Å²) in [5.41, 5.74) is 0.634. The number of amides is 1. The van der Waals surface area contributed by atoms with Crippen LogP contribution in [0.15, 0.2) is 30.3 Å². The third-order valence-corrected chi connectivity index (χ3v) is 5.77. The van der Waals surface area contributed by atoms with E-state index in [1.54, 1.807) is 30.3 Å². The standard InChI is InChI=1S/C15H20N2O6S/c1-23-14(18)9-13-10-16(15(19)20)7-8-17(13)24(21,22)11-12-5-3-2-4-6-12/h2-6,13H,7-11H2,1H3,(H,19,20). The van der Waals surface area contributed by atoms with E-state index in [9.17, 15) is 18.0 Å². The zero-order chi connectivity index (χ0) is 17.7. The number of esters is 1. The molecule has 1 amide bonds. The Hall–Kier alpha value is -2.13. The van der Waals surface area contributed by atoms with Gasteiger partial charge in [-0.25, -0.2) is 13.2 Å². The molecule has 1 saturated heterocycles. The Morgan fingerprint density at radius 3 is 2.50 bits per heavy atom. The summed E-state index contributed by atoms with van der Waals surface area (Å²) in [5, 5.41) is 9.11. The summed E-state index contributed by atoms with van der Waals surface area (Å²) >= 11 is 0. The molecule has 1 N–H and O–H groups in total. The van der Waals surface area contributed by atoms with E-state index in [0.29, 0.717) is 5.56 Å². The van der Waals surface area contributed by atoms with Crippen LogP contribution in [0.25, 0.3) is 0 Å². The topological polar surface area (TPSA) is 104 Å². The van der Waals surface area contributed by atoms with Crippen molar-refractivity contribution in [2.45, 2.75) is 18.2 Å². The maximum Gasteiger partial charge on any atom is 0.407 e. The minimum atomic E-state index is -3.68. The summed E-state index contributed by atoms with van der Waals surface area (Å²) in [7, 11) is -2.47. The van der Waals surface area contributed by atoms with Crippen molar-refractivity contribution >= 4 is 22.1 Å². The maximum absolute atomic E-state index is 12.7. The summed E-state index contributed by atoms with van der Waals surface area (Å²) in [6, 6.07) is 7.94. The van der Waals surface area contributed by atoms with Crippen LogP contribution in [0, 0.1) is 0 Å². The van der Waals surface area contributed by atoms with Gasteiger partial charge in [-0.3, -0.25) is 4.79 Å². The lowest BCUT2D eigenvalue weighted by Gasteiger charge is -2.38. The third-order valence-electron chi connectivity index (χ3n) is 3.88. The minimum absolute atomic E-state index is 0.0170. The van der Waals surface area contributed by atoms with E-state index >= 15 is 0 Å². The Labute approximate surface area is 140 Å². The normalized spacial score (nSPS) is 19.0. The molecule has 0 radical (unpaired) electrons. The average Bonchev–Trinajstić information content (AvgIpc) is 2.55. The number of piperazine rings is 1. The van der Waals surface area contributed by atoms with Crippen LogP contribution < -0.4 is 0 Å². The van der Waals surface area contributed by atoms with Crippen LogP contribution in [0.5, 0.6) is 0 Å². The Kier molecular flexibility index (Phi) is 5.79. The lowest BCUT2D eigenvalue weighted by molar-refractivity contribution is -0.142. The monoisotopic (exact) mass is 356 g/mol. The molecule has 1 aliphatic heterocycles. The van der Waals surface area contributed by atoms with Gasteiger partial charge in [0.1, 0.15) is 0 Å².